The Kier molecular flexibility index (Phi) is 8.52. The molecule has 32 heavy (non-hydrogen) atoms. The zero-order chi connectivity index (χ0) is 23.9. The van der Waals surface area contributed by atoms with Crippen LogP contribution >= 0.6 is 0 Å². The molecule has 0 saturated carbocycles. The van der Waals surface area contributed by atoms with E-state index in [-0.39, 0.29) is 24.2 Å². The van der Waals surface area contributed by atoms with Gasteiger partial charge in [0.1, 0.15) is 17.9 Å². The highest BCUT2D eigenvalue weighted by Crippen LogP contribution is 2.22. The molecular weight excluding hydrogens is 411 g/mol. The number of hydrogen-bond acceptors (Lipinski definition) is 4. The van der Waals surface area contributed by atoms with Gasteiger partial charge in [-0.1, -0.05) is 57.2 Å². The lowest BCUT2D eigenvalue weighted by atomic mass is 9.86. The molecular formula is C25H31FN2O4. The molecule has 6 nitrogen and oxygen atoms in total. The first kappa shape index (κ1) is 25.0. The molecule has 2 rings (SSSR count). The monoisotopic (exact) mass is 442 g/mol. The number of nitrogens with one attached hydrogen (secondary N) is 2. The van der Waals surface area contributed by atoms with Crippen LogP contribution in [0.2, 0.25) is 0 Å². The van der Waals surface area contributed by atoms with Crippen LogP contribution in [0.4, 0.5) is 4.39 Å². The first-order valence-corrected chi connectivity index (χ1v) is 10.5. The quantitative estimate of drug-likeness (QED) is 0.616. The van der Waals surface area contributed by atoms with E-state index in [1.54, 1.807) is 12.1 Å². The van der Waals surface area contributed by atoms with Crippen molar-refractivity contribution in [1.82, 2.24) is 10.6 Å². The maximum Gasteiger partial charge on any atom is 0.328 e. The number of amides is 2. The van der Waals surface area contributed by atoms with Crippen LogP contribution in [0.25, 0.3) is 0 Å². The highest BCUT2D eigenvalue weighted by atomic mass is 19.1. The van der Waals surface area contributed by atoms with Crippen molar-refractivity contribution in [2.24, 2.45) is 0 Å². The predicted molar refractivity (Wildman–Crippen MR) is 121 cm³/mol. The van der Waals surface area contributed by atoms with Crippen molar-refractivity contribution >= 4 is 17.8 Å². The first-order valence-electron chi connectivity index (χ1n) is 10.5. The molecule has 2 aromatic carbocycles. The fourth-order valence-electron chi connectivity index (χ4n) is 3.30. The summed E-state index contributed by atoms with van der Waals surface area (Å²) in [6, 6.07) is 11.7. The van der Waals surface area contributed by atoms with E-state index in [4.69, 9.17) is 4.74 Å². The number of carbonyl (C=O) groups is 3. The smallest absolute Gasteiger partial charge is 0.328 e. The third kappa shape index (κ3) is 7.48. The molecule has 172 valence electrons. The van der Waals surface area contributed by atoms with Crippen LogP contribution in [0.5, 0.6) is 0 Å². The summed E-state index contributed by atoms with van der Waals surface area (Å²) in [7, 11) is 1.26. The van der Waals surface area contributed by atoms with Gasteiger partial charge in [-0.2, -0.15) is 0 Å². The standard InChI is InChI=1S/C25H31FN2O4/c1-16(29)27-21(14-18-8-12-20(26)13-9-18)23(30)28-22(24(31)32-5)15-17-6-10-19(11-7-17)25(2,3)4/h6-13,21-22H,14-15H2,1-5H3,(H,27,29)(H,28,30)/t21-,22+/m0/s1. The summed E-state index contributed by atoms with van der Waals surface area (Å²) in [5, 5.41) is 5.29. The molecule has 0 aliphatic rings. The number of esters is 1. The zero-order valence-electron chi connectivity index (χ0n) is 19.2. The molecule has 0 heterocycles. The average molecular weight is 443 g/mol. The lowest BCUT2D eigenvalue weighted by Gasteiger charge is -2.23. The molecule has 0 aliphatic carbocycles. The largest absolute Gasteiger partial charge is 0.467 e. The Morgan fingerprint density at radius 1 is 0.875 bits per heavy atom. The topological polar surface area (TPSA) is 84.5 Å². The average Bonchev–Trinajstić information content (AvgIpc) is 2.73. The van der Waals surface area contributed by atoms with E-state index in [0.717, 1.165) is 11.1 Å². The molecule has 2 atom stereocenters. The number of hydrogen-bond donors (Lipinski definition) is 2. The molecule has 0 unspecified atom stereocenters. The van der Waals surface area contributed by atoms with Gasteiger partial charge in [0.2, 0.25) is 11.8 Å². The second-order valence-electron chi connectivity index (χ2n) is 8.82. The third-order valence-electron chi connectivity index (χ3n) is 5.11. The molecule has 7 heteroatoms. The molecule has 2 N–H and O–H groups in total. The SMILES string of the molecule is COC(=O)[C@@H](Cc1ccc(C(C)(C)C)cc1)NC(=O)[C@H](Cc1ccc(F)cc1)NC(C)=O. The van der Waals surface area contributed by atoms with Gasteiger partial charge in [-0.05, 0) is 34.2 Å². The van der Waals surface area contributed by atoms with E-state index < -0.39 is 29.8 Å². The number of rotatable bonds is 8. The van der Waals surface area contributed by atoms with Crippen molar-refractivity contribution < 1.29 is 23.5 Å². The van der Waals surface area contributed by atoms with E-state index in [1.807, 2.05) is 24.3 Å². The minimum absolute atomic E-state index is 0.000427. The minimum Gasteiger partial charge on any atom is -0.467 e. The van der Waals surface area contributed by atoms with Gasteiger partial charge in [0.25, 0.3) is 0 Å². The summed E-state index contributed by atoms with van der Waals surface area (Å²) >= 11 is 0. The van der Waals surface area contributed by atoms with Crippen molar-refractivity contribution in [3.05, 3.63) is 71.0 Å². The molecule has 0 spiro atoms. The van der Waals surface area contributed by atoms with E-state index >= 15 is 0 Å². The highest BCUT2D eigenvalue weighted by molar-refractivity contribution is 5.90. The summed E-state index contributed by atoms with van der Waals surface area (Å²) in [6.45, 7) is 7.65. The van der Waals surface area contributed by atoms with Crippen LogP contribution in [-0.4, -0.2) is 37.0 Å². The molecule has 0 bridgehead atoms. The van der Waals surface area contributed by atoms with Crippen molar-refractivity contribution in [2.75, 3.05) is 7.11 Å². The molecule has 0 saturated heterocycles. The summed E-state index contributed by atoms with van der Waals surface area (Å²) in [5.41, 5.74) is 2.70. The van der Waals surface area contributed by atoms with Gasteiger partial charge in [0.15, 0.2) is 0 Å². The summed E-state index contributed by atoms with van der Waals surface area (Å²) in [5.74, 6) is -1.88. The number of methoxy groups -OCH3 is 1. The number of halogens is 1. The van der Waals surface area contributed by atoms with Gasteiger partial charge in [-0.3, -0.25) is 9.59 Å². The second kappa shape index (κ2) is 10.9. The van der Waals surface area contributed by atoms with Crippen LogP contribution in [0.15, 0.2) is 48.5 Å². The van der Waals surface area contributed by atoms with Crippen LogP contribution in [-0.2, 0) is 37.4 Å². The van der Waals surface area contributed by atoms with Crippen molar-refractivity contribution in [1.29, 1.82) is 0 Å². The maximum atomic E-state index is 13.2. The number of benzene rings is 2. The van der Waals surface area contributed by atoms with Gasteiger partial charge in [0, 0.05) is 19.8 Å². The predicted octanol–water partition coefficient (Wildman–Crippen LogP) is 3.07. The Labute approximate surface area is 188 Å². The Morgan fingerprint density at radius 2 is 1.38 bits per heavy atom. The molecule has 0 fully saturated rings. The summed E-state index contributed by atoms with van der Waals surface area (Å²) in [6.07, 6.45) is 0.395. The Balaban J connectivity index is 2.17. The van der Waals surface area contributed by atoms with Crippen LogP contribution in [0, 0.1) is 5.82 Å². The molecule has 0 aliphatic heterocycles. The van der Waals surface area contributed by atoms with E-state index in [0.29, 0.717) is 5.56 Å². The molecule has 0 aromatic heterocycles. The van der Waals surface area contributed by atoms with Crippen molar-refractivity contribution in [2.45, 2.75) is 58.0 Å². The third-order valence-corrected chi connectivity index (χ3v) is 5.11. The van der Waals surface area contributed by atoms with Crippen LogP contribution < -0.4 is 10.6 Å². The van der Waals surface area contributed by atoms with Crippen LogP contribution in [0.3, 0.4) is 0 Å². The van der Waals surface area contributed by atoms with Gasteiger partial charge in [-0.25, -0.2) is 9.18 Å². The van der Waals surface area contributed by atoms with E-state index in [9.17, 15) is 18.8 Å². The fraction of sp³-hybridized carbons (Fsp3) is 0.400. The Morgan fingerprint density at radius 3 is 1.84 bits per heavy atom. The molecule has 2 aromatic rings. The van der Waals surface area contributed by atoms with Gasteiger partial charge in [-0.15, -0.1) is 0 Å². The van der Waals surface area contributed by atoms with Crippen LogP contribution in [0.1, 0.15) is 44.4 Å². The van der Waals surface area contributed by atoms with E-state index in [1.165, 1.54) is 26.2 Å². The van der Waals surface area contributed by atoms with Gasteiger partial charge >= 0.3 is 5.97 Å². The Bertz CT molecular complexity index is 934. The first-order chi connectivity index (χ1) is 15.0. The normalized spacial score (nSPS) is 13.1. The minimum atomic E-state index is -0.923. The van der Waals surface area contributed by atoms with E-state index in [2.05, 4.69) is 31.4 Å². The molecule has 2 amide bonds. The number of ether oxygens (including phenoxy) is 1. The zero-order valence-corrected chi connectivity index (χ0v) is 19.2. The summed E-state index contributed by atoms with van der Waals surface area (Å²) < 4.78 is 18.1. The van der Waals surface area contributed by atoms with Crippen molar-refractivity contribution in [3.63, 3.8) is 0 Å². The lowest BCUT2D eigenvalue weighted by Crippen LogP contribution is -2.53. The fourth-order valence-corrected chi connectivity index (χ4v) is 3.30. The molecule has 0 radical (unpaired) electrons. The number of carbonyl (C=O) groups excluding carboxylic acids is 3. The van der Waals surface area contributed by atoms with Gasteiger partial charge < -0.3 is 15.4 Å². The maximum absolute atomic E-state index is 13.2. The summed E-state index contributed by atoms with van der Waals surface area (Å²) in [4.78, 5) is 36.9. The van der Waals surface area contributed by atoms with Crippen molar-refractivity contribution in [3.8, 4) is 0 Å². The Hall–Kier alpha value is -3.22. The highest BCUT2D eigenvalue weighted by Gasteiger charge is 2.27. The van der Waals surface area contributed by atoms with Gasteiger partial charge in [0.05, 0.1) is 7.11 Å². The lowest BCUT2D eigenvalue weighted by molar-refractivity contribution is -0.145. The second-order valence-corrected chi connectivity index (χ2v) is 8.82.